The van der Waals surface area contributed by atoms with Crippen molar-refractivity contribution in [2.24, 2.45) is 7.05 Å². The van der Waals surface area contributed by atoms with Gasteiger partial charge in [-0.25, -0.2) is 0 Å². The second-order valence-corrected chi connectivity index (χ2v) is 10.1. The second kappa shape index (κ2) is 6.45. The summed E-state index contributed by atoms with van der Waals surface area (Å²) >= 11 is 0. The zero-order valence-corrected chi connectivity index (χ0v) is 19.2. The topological polar surface area (TPSA) is 8.29 Å². The third-order valence-electron chi connectivity index (χ3n) is 8.17. The number of fused-ring (bicyclic) bond motifs is 5. The van der Waals surface area contributed by atoms with Crippen molar-refractivity contribution in [3.8, 4) is 0 Å². The van der Waals surface area contributed by atoms with Gasteiger partial charge in [0, 0.05) is 22.2 Å². The Kier molecular flexibility index (Phi) is 3.72. The molecule has 0 aliphatic heterocycles. The molecule has 0 bridgehead atoms. The van der Waals surface area contributed by atoms with E-state index in [0.717, 1.165) is 5.92 Å². The summed E-state index contributed by atoms with van der Waals surface area (Å²) in [6.45, 7) is 4.52. The van der Waals surface area contributed by atoms with Crippen LogP contribution in [0.3, 0.4) is 0 Å². The predicted octanol–water partition coefficient (Wildman–Crippen LogP) is 7.48. The van der Waals surface area contributed by atoms with Gasteiger partial charge in [0.25, 0.3) is 0 Å². The highest BCUT2D eigenvalue weighted by molar-refractivity contribution is 6.26. The summed E-state index contributed by atoms with van der Waals surface area (Å²) < 4.78 is 4.87. The van der Waals surface area contributed by atoms with Crippen molar-refractivity contribution in [1.29, 1.82) is 0 Å². The van der Waals surface area contributed by atoms with Gasteiger partial charge in [0.1, 0.15) is 12.6 Å². The molecular weight excluding hydrogens is 388 g/mol. The van der Waals surface area contributed by atoms with E-state index in [-0.39, 0.29) is 0 Å². The molecule has 2 heteroatoms. The zero-order valence-electron chi connectivity index (χ0n) is 19.2. The van der Waals surface area contributed by atoms with Crippen molar-refractivity contribution in [1.82, 2.24) is 4.40 Å². The van der Waals surface area contributed by atoms with Crippen LogP contribution in [-0.4, -0.2) is 4.40 Å². The Morgan fingerprint density at radius 3 is 2.47 bits per heavy atom. The minimum Gasteiger partial charge on any atom is -0.303 e. The first-order valence-corrected chi connectivity index (χ1v) is 12.1. The molecule has 1 saturated carbocycles. The maximum Gasteiger partial charge on any atom is 0.238 e. The molecule has 0 unspecified atom stereocenters. The molecule has 0 saturated heterocycles. The van der Waals surface area contributed by atoms with Gasteiger partial charge in [-0.2, -0.15) is 4.57 Å². The fraction of sp³-hybridized carbons (Fsp3) is 0.300. The number of aryl methyl sites for hydroxylation is 3. The molecule has 3 heterocycles. The van der Waals surface area contributed by atoms with Crippen LogP contribution in [0.2, 0.25) is 0 Å². The van der Waals surface area contributed by atoms with Crippen LogP contribution in [0, 0.1) is 13.8 Å². The molecule has 0 amide bonds. The van der Waals surface area contributed by atoms with E-state index in [1.165, 1.54) is 97.8 Å². The molecule has 1 aliphatic rings. The Hall–Kier alpha value is -3.13. The lowest BCUT2D eigenvalue weighted by Crippen LogP contribution is -2.29. The number of hydrogen-bond acceptors (Lipinski definition) is 0. The fourth-order valence-corrected chi connectivity index (χ4v) is 6.69. The van der Waals surface area contributed by atoms with Crippen LogP contribution in [0.5, 0.6) is 0 Å². The van der Waals surface area contributed by atoms with Crippen LogP contribution in [-0.2, 0) is 7.05 Å². The molecule has 0 N–H and O–H groups in total. The molecule has 3 aromatic carbocycles. The summed E-state index contributed by atoms with van der Waals surface area (Å²) in [7, 11) is 2.20. The molecule has 0 radical (unpaired) electrons. The molecule has 1 fully saturated rings. The van der Waals surface area contributed by atoms with E-state index >= 15 is 0 Å². The van der Waals surface area contributed by atoms with Gasteiger partial charge in [0.2, 0.25) is 5.52 Å². The molecule has 0 spiro atoms. The summed E-state index contributed by atoms with van der Waals surface area (Å²) in [4.78, 5) is 0. The van der Waals surface area contributed by atoms with Gasteiger partial charge in [0.05, 0.1) is 16.4 Å². The lowest BCUT2D eigenvalue weighted by atomic mass is 9.84. The van der Waals surface area contributed by atoms with Crippen LogP contribution in [0.1, 0.15) is 54.7 Å². The van der Waals surface area contributed by atoms with E-state index in [9.17, 15) is 0 Å². The van der Waals surface area contributed by atoms with E-state index in [2.05, 4.69) is 84.6 Å². The Balaban J connectivity index is 1.72. The van der Waals surface area contributed by atoms with Crippen LogP contribution in [0.4, 0.5) is 0 Å². The van der Waals surface area contributed by atoms with Crippen LogP contribution in [0.25, 0.3) is 49.0 Å². The van der Waals surface area contributed by atoms with Gasteiger partial charge in [-0.3, -0.25) is 0 Å². The number of rotatable bonds is 1. The normalized spacial score (nSPS) is 15.8. The number of benzene rings is 3. The Labute approximate surface area is 188 Å². The zero-order chi connectivity index (χ0) is 21.6. The summed E-state index contributed by atoms with van der Waals surface area (Å²) in [6, 6.07) is 18.8. The standard InChI is InChI=1S/C30H29N2/c1-18-16-19(2)27-28-22(18)10-7-11-26(28)32-25-13-12-21(20-8-5-4-6-9-20)17-24(25)23-14-15-31(3)30(27)29(23)32/h7,10-17,20H,4-6,8-9H2,1-3H3/q+1. The first-order chi connectivity index (χ1) is 15.6. The minimum absolute atomic E-state index is 0.724. The third-order valence-corrected chi connectivity index (χ3v) is 8.17. The van der Waals surface area contributed by atoms with Crippen molar-refractivity contribution in [3.05, 3.63) is 71.4 Å². The van der Waals surface area contributed by atoms with Crippen molar-refractivity contribution >= 4 is 49.0 Å². The minimum atomic E-state index is 0.724. The van der Waals surface area contributed by atoms with Crippen molar-refractivity contribution in [2.75, 3.05) is 0 Å². The highest BCUT2D eigenvalue weighted by Crippen LogP contribution is 2.42. The first kappa shape index (κ1) is 18.4. The van der Waals surface area contributed by atoms with E-state index in [4.69, 9.17) is 0 Å². The molecule has 0 atom stereocenters. The summed E-state index contributed by atoms with van der Waals surface area (Å²) in [5, 5.41) is 6.95. The lowest BCUT2D eigenvalue weighted by Gasteiger charge is -2.22. The van der Waals surface area contributed by atoms with Crippen molar-refractivity contribution in [3.63, 3.8) is 0 Å². The molecule has 7 rings (SSSR count). The highest BCUT2D eigenvalue weighted by Gasteiger charge is 2.25. The highest BCUT2D eigenvalue weighted by atomic mass is 15.0. The van der Waals surface area contributed by atoms with Crippen LogP contribution >= 0.6 is 0 Å². The number of hydrogen-bond donors (Lipinski definition) is 0. The monoisotopic (exact) mass is 417 g/mol. The maximum absolute atomic E-state index is 2.54. The summed E-state index contributed by atoms with van der Waals surface area (Å²) in [6.07, 6.45) is 9.09. The largest absolute Gasteiger partial charge is 0.303 e. The van der Waals surface area contributed by atoms with Crippen molar-refractivity contribution in [2.45, 2.75) is 51.9 Å². The number of aromatic nitrogens is 2. The van der Waals surface area contributed by atoms with Crippen molar-refractivity contribution < 1.29 is 4.57 Å². The quantitative estimate of drug-likeness (QED) is 0.149. The van der Waals surface area contributed by atoms with Gasteiger partial charge >= 0.3 is 0 Å². The van der Waals surface area contributed by atoms with E-state index in [1.807, 2.05) is 0 Å². The van der Waals surface area contributed by atoms with Gasteiger partial charge < -0.3 is 4.40 Å². The predicted molar refractivity (Wildman–Crippen MR) is 135 cm³/mol. The fourth-order valence-electron chi connectivity index (χ4n) is 6.69. The Bertz CT molecular complexity index is 1680. The van der Waals surface area contributed by atoms with Crippen LogP contribution in [0.15, 0.2) is 54.7 Å². The average molecular weight is 418 g/mol. The molecule has 1 aliphatic carbocycles. The van der Waals surface area contributed by atoms with Gasteiger partial charge in [-0.15, -0.1) is 0 Å². The summed E-state index contributed by atoms with van der Waals surface area (Å²) in [5.41, 5.74) is 9.63. The molecule has 32 heavy (non-hydrogen) atoms. The van der Waals surface area contributed by atoms with Gasteiger partial charge in [0.15, 0.2) is 6.20 Å². The Morgan fingerprint density at radius 2 is 1.62 bits per heavy atom. The SMILES string of the molecule is Cc1cc(C)c2c3c1cccc3n1c3ccc(C4CCCCC4)cc3c3cc[n+](C)c2c31. The molecule has 2 nitrogen and oxygen atoms in total. The lowest BCUT2D eigenvalue weighted by molar-refractivity contribution is -0.644. The van der Waals surface area contributed by atoms with Gasteiger partial charge in [-0.05, 0) is 72.9 Å². The van der Waals surface area contributed by atoms with E-state index in [1.54, 1.807) is 0 Å². The number of pyridine rings is 2. The average Bonchev–Trinajstić information content (AvgIpc) is 3.15. The molecule has 3 aromatic heterocycles. The van der Waals surface area contributed by atoms with Gasteiger partial charge in [-0.1, -0.05) is 43.5 Å². The molecular formula is C30H29N2+. The van der Waals surface area contributed by atoms with Crippen LogP contribution < -0.4 is 4.57 Å². The molecule has 6 aromatic rings. The maximum atomic E-state index is 2.54. The smallest absolute Gasteiger partial charge is 0.238 e. The first-order valence-electron chi connectivity index (χ1n) is 12.1. The van der Waals surface area contributed by atoms with E-state index < -0.39 is 0 Å². The van der Waals surface area contributed by atoms with E-state index in [0.29, 0.717) is 0 Å². The number of nitrogens with zero attached hydrogens (tertiary/aromatic N) is 2. The Morgan fingerprint density at radius 1 is 0.781 bits per heavy atom. The second-order valence-electron chi connectivity index (χ2n) is 10.1. The third kappa shape index (κ3) is 2.28. The molecule has 158 valence electrons. The summed E-state index contributed by atoms with van der Waals surface area (Å²) in [5.74, 6) is 0.724.